The van der Waals surface area contributed by atoms with E-state index in [1.165, 1.54) is 5.56 Å². The zero-order valence-electron chi connectivity index (χ0n) is 9.83. The van der Waals surface area contributed by atoms with Crippen molar-refractivity contribution in [2.24, 2.45) is 0 Å². The summed E-state index contributed by atoms with van der Waals surface area (Å²) < 4.78 is 0. The second-order valence-corrected chi connectivity index (χ2v) is 3.90. The van der Waals surface area contributed by atoms with E-state index in [0.717, 1.165) is 31.5 Å². The van der Waals surface area contributed by atoms with Crippen molar-refractivity contribution in [3.8, 4) is 0 Å². The van der Waals surface area contributed by atoms with Crippen LogP contribution in [0.3, 0.4) is 0 Å². The second-order valence-electron chi connectivity index (χ2n) is 3.90. The van der Waals surface area contributed by atoms with Crippen LogP contribution in [0.4, 0.5) is 5.69 Å². The summed E-state index contributed by atoms with van der Waals surface area (Å²) >= 11 is 0. The molecule has 3 heteroatoms. The van der Waals surface area contributed by atoms with Gasteiger partial charge in [-0.15, -0.1) is 0 Å². The van der Waals surface area contributed by atoms with Gasteiger partial charge in [0.05, 0.1) is 0 Å². The van der Waals surface area contributed by atoms with Crippen LogP contribution in [-0.2, 0) is 11.2 Å². The quantitative estimate of drug-likeness (QED) is 0.570. The van der Waals surface area contributed by atoms with Crippen molar-refractivity contribution in [2.45, 2.75) is 32.6 Å². The summed E-state index contributed by atoms with van der Waals surface area (Å²) in [7, 11) is 0. The van der Waals surface area contributed by atoms with Gasteiger partial charge in [-0.2, -0.15) is 0 Å². The van der Waals surface area contributed by atoms with Crippen LogP contribution in [-0.4, -0.2) is 12.5 Å². The first-order chi connectivity index (χ1) is 7.72. The van der Waals surface area contributed by atoms with Gasteiger partial charge in [0, 0.05) is 18.7 Å². The molecule has 0 spiro atoms. The summed E-state index contributed by atoms with van der Waals surface area (Å²) in [5.41, 5.74) is 7.68. The van der Waals surface area contributed by atoms with Gasteiger partial charge in [-0.25, -0.2) is 0 Å². The topological polar surface area (TPSA) is 55.1 Å². The Balaban J connectivity index is 2.16. The van der Waals surface area contributed by atoms with Crippen molar-refractivity contribution >= 4 is 11.6 Å². The number of aryl methyl sites for hydroxylation is 1. The molecule has 1 aromatic carbocycles. The van der Waals surface area contributed by atoms with E-state index in [9.17, 15) is 4.79 Å². The average molecular weight is 220 g/mol. The smallest absolute Gasteiger partial charge is 0.219 e. The number of hydrogen-bond acceptors (Lipinski definition) is 2. The molecule has 0 fully saturated rings. The Morgan fingerprint density at radius 3 is 2.56 bits per heavy atom. The number of rotatable bonds is 6. The lowest BCUT2D eigenvalue weighted by Gasteiger charge is -2.03. The van der Waals surface area contributed by atoms with Gasteiger partial charge < -0.3 is 11.1 Å². The van der Waals surface area contributed by atoms with Crippen LogP contribution in [0.5, 0.6) is 0 Å². The number of hydrogen-bond donors (Lipinski definition) is 2. The molecule has 0 aliphatic rings. The Kier molecular flexibility index (Phi) is 5.40. The number of benzene rings is 1. The standard InChI is InChI=1S/C13H20N2O/c1-2-15-13(16)6-4-3-5-11-7-9-12(14)10-8-11/h7-10H,2-6,14H2,1H3,(H,15,16). The third-order valence-electron chi connectivity index (χ3n) is 2.47. The minimum Gasteiger partial charge on any atom is -0.399 e. The van der Waals surface area contributed by atoms with Gasteiger partial charge in [-0.3, -0.25) is 4.79 Å². The van der Waals surface area contributed by atoms with Gasteiger partial charge in [0.25, 0.3) is 0 Å². The molecule has 0 bridgehead atoms. The molecular weight excluding hydrogens is 200 g/mol. The van der Waals surface area contributed by atoms with Crippen molar-refractivity contribution in [1.29, 1.82) is 0 Å². The highest BCUT2D eigenvalue weighted by atomic mass is 16.1. The number of nitrogens with one attached hydrogen (secondary N) is 1. The highest BCUT2D eigenvalue weighted by Gasteiger charge is 1.99. The summed E-state index contributed by atoms with van der Waals surface area (Å²) in [5, 5.41) is 2.80. The summed E-state index contributed by atoms with van der Waals surface area (Å²) in [4.78, 5) is 11.2. The van der Waals surface area contributed by atoms with Gasteiger partial charge in [0.15, 0.2) is 0 Å². The largest absolute Gasteiger partial charge is 0.399 e. The molecule has 0 aliphatic carbocycles. The SMILES string of the molecule is CCNC(=O)CCCCc1ccc(N)cc1. The normalized spacial score (nSPS) is 10.1. The van der Waals surface area contributed by atoms with Gasteiger partial charge in [-0.05, 0) is 43.9 Å². The molecule has 0 aromatic heterocycles. The molecule has 1 amide bonds. The molecule has 1 aromatic rings. The first-order valence-corrected chi connectivity index (χ1v) is 5.83. The minimum atomic E-state index is 0.153. The van der Waals surface area contributed by atoms with Crippen LogP contribution < -0.4 is 11.1 Å². The fraction of sp³-hybridized carbons (Fsp3) is 0.462. The predicted molar refractivity (Wildman–Crippen MR) is 67.1 cm³/mol. The van der Waals surface area contributed by atoms with Crippen molar-refractivity contribution in [3.05, 3.63) is 29.8 Å². The zero-order valence-corrected chi connectivity index (χ0v) is 9.83. The number of nitrogens with two attached hydrogens (primary N) is 1. The van der Waals surface area contributed by atoms with E-state index in [2.05, 4.69) is 5.32 Å². The molecule has 88 valence electrons. The molecule has 3 N–H and O–H groups in total. The van der Waals surface area contributed by atoms with E-state index in [0.29, 0.717) is 6.42 Å². The van der Waals surface area contributed by atoms with Crippen molar-refractivity contribution in [3.63, 3.8) is 0 Å². The van der Waals surface area contributed by atoms with Gasteiger partial charge in [-0.1, -0.05) is 12.1 Å². The van der Waals surface area contributed by atoms with Crippen molar-refractivity contribution in [2.75, 3.05) is 12.3 Å². The highest BCUT2D eigenvalue weighted by molar-refractivity contribution is 5.75. The van der Waals surface area contributed by atoms with E-state index in [1.54, 1.807) is 0 Å². The van der Waals surface area contributed by atoms with Gasteiger partial charge in [0.2, 0.25) is 5.91 Å². The first kappa shape index (κ1) is 12.6. The molecule has 0 atom stereocenters. The van der Waals surface area contributed by atoms with Crippen molar-refractivity contribution in [1.82, 2.24) is 5.32 Å². The number of nitrogen functional groups attached to an aromatic ring is 1. The van der Waals surface area contributed by atoms with Crippen LogP contribution in [0, 0.1) is 0 Å². The first-order valence-electron chi connectivity index (χ1n) is 5.83. The monoisotopic (exact) mass is 220 g/mol. The molecule has 3 nitrogen and oxygen atoms in total. The lowest BCUT2D eigenvalue weighted by Crippen LogP contribution is -2.22. The van der Waals surface area contributed by atoms with Crippen LogP contribution in [0.1, 0.15) is 31.7 Å². The lowest BCUT2D eigenvalue weighted by molar-refractivity contribution is -0.121. The van der Waals surface area contributed by atoms with Crippen LogP contribution in [0.15, 0.2) is 24.3 Å². The number of amides is 1. The second kappa shape index (κ2) is 6.88. The molecular formula is C13H20N2O. The maximum Gasteiger partial charge on any atom is 0.219 e. The highest BCUT2D eigenvalue weighted by Crippen LogP contribution is 2.09. The lowest BCUT2D eigenvalue weighted by atomic mass is 10.1. The maximum absolute atomic E-state index is 11.2. The van der Waals surface area contributed by atoms with Gasteiger partial charge >= 0.3 is 0 Å². The third kappa shape index (κ3) is 4.82. The Morgan fingerprint density at radius 2 is 1.94 bits per heavy atom. The minimum absolute atomic E-state index is 0.153. The van der Waals surface area contributed by atoms with Gasteiger partial charge in [0.1, 0.15) is 0 Å². The molecule has 0 radical (unpaired) electrons. The molecule has 0 heterocycles. The van der Waals surface area contributed by atoms with E-state index < -0.39 is 0 Å². The Morgan fingerprint density at radius 1 is 1.25 bits per heavy atom. The number of carbonyl (C=O) groups is 1. The molecule has 0 unspecified atom stereocenters. The average Bonchev–Trinajstić information content (AvgIpc) is 2.27. The maximum atomic E-state index is 11.2. The van der Waals surface area contributed by atoms with Crippen LogP contribution in [0.2, 0.25) is 0 Å². The van der Waals surface area contributed by atoms with E-state index in [-0.39, 0.29) is 5.91 Å². The Labute approximate surface area is 97.0 Å². The fourth-order valence-corrected chi connectivity index (χ4v) is 1.58. The number of unbranched alkanes of at least 4 members (excludes halogenated alkanes) is 1. The Hall–Kier alpha value is -1.51. The summed E-state index contributed by atoms with van der Waals surface area (Å²) in [6.07, 6.45) is 3.62. The van der Waals surface area contributed by atoms with Crippen molar-refractivity contribution < 1.29 is 4.79 Å². The third-order valence-corrected chi connectivity index (χ3v) is 2.47. The summed E-state index contributed by atoms with van der Waals surface area (Å²) in [5.74, 6) is 0.153. The molecule has 16 heavy (non-hydrogen) atoms. The van der Waals surface area contributed by atoms with E-state index in [1.807, 2.05) is 31.2 Å². The number of carbonyl (C=O) groups excluding carboxylic acids is 1. The summed E-state index contributed by atoms with van der Waals surface area (Å²) in [6, 6.07) is 7.92. The molecule has 0 aliphatic heterocycles. The molecule has 0 saturated carbocycles. The van der Waals surface area contributed by atoms with Crippen LogP contribution in [0.25, 0.3) is 0 Å². The van der Waals surface area contributed by atoms with E-state index in [4.69, 9.17) is 5.73 Å². The van der Waals surface area contributed by atoms with Crippen LogP contribution >= 0.6 is 0 Å². The Bertz CT molecular complexity index is 319. The fourth-order valence-electron chi connectivity index (χ4n) is 1.58. The number of anilines is 1. The van der Waals surface area contributed by atoms with E-state index >= 15 is 0 Å². The predicted octanol–water partition coefficient (Wildman–Crippen LogP) is 2.12. The molecule has 0 saturated heterocycles. The zero-order chi connectivity index (χ0) is 11.8. The summed E-state index contributed by atoms with van der Waals surface area (Å²) in [6.45, 7) is 2.66. The molecule has 1 rings (SSSR count).